The lowest BCUT2D eigenvalue weighted by atomic mass is 9.70. The van der Waals surface area contributed by atoms with Crippen molar-refractivity contribution in [1.82, 2.24) is 10.0 Å². The minimum atomic E-state index is -3.67. The van der Waals surface area contributed by atoms with Gasteiger partial charge in [0.15, 0.2) is 0 Å². The van der Waals surface area contributed by atoms with Crippen molar-refractivity contribution in [3.05, 3.63) is 35.9 Å². The molecular formula is C26H39N3O4S. The smallest absolute Gasteiger partial charge is 0.240 e. The Morgan fingerprint density at radius 1 is 1.09 bits per heavy atom. The number of hydrogen-bond acceptors (Lipinski definition) is 4. The predicted molar refractivity (Wildman–Crippen MR) is 135 cm³/mol. The maximum absolute atomic E-state index is 12.9. The van der Waals surface area contributed by atoms with Gasteiger partial charge >= 0.3 is 0 Å². The zero-order valence-electron chi connectivity index (χ0n) is 20.8. The highest BCUT2D eigenvalue weighted by atomic mass is 32.2. The Labute approximate surface area is 204 Å². The fraction of sp³-hybridized carbons (Fsp3) is 0.615. The van der Waals surface area contributed by atoms with E-state index in [1.54, 1.807) is 12.1 Å². The number of carbonyl (C=O) groups is 2. The molecule has 3 N–H and O–H groups in total. The standard InChI is InChI=1S/C26H39N3O4S/c1-17(2)25-14-20(15-26(31)29-22-7-5-6-8-22)18(3)13-21(25)16-27-34(32,33)24-11-9-23(10-12-24)28-19(4)30/h9-13,17,20-22,25,27H,5-8,14-16H2,1-4H3,(H,28,30)(H,29,31)/t20-,21-,25-/m0/s1. The quantitative estimate of drug-likeness (QED) is 0.452. The van der Waals surface area contributed by atoms with Crippen LogP contribution in [0.1, 0.15) is 66.2 Å². The summed E-state index contributed by atoms with van der Waals surface area (Å²) in [5.74, 6) is 0.857. The van der Waals surface area contributed by atoms with E-state index in [4.69, 9.17) is 0 Å². The van der Waals surface area contributed by atoms with E-state index in [0.717, 1.165) is 19.3 Å². The minimum absolute atomic E-state index is 0.0718. The molecule has 0 aliphatic heterocycles. The van der Waals surface area contributed by atoms with Crippen LogP contribution in [-0.4, -0.2) is 32.8 Å². The Kier molecular flexibility index (Phi) is 8.93. The number of benzene rings is 1. The van der Waals surface area contributed by atoms with E-state index in [9.17, 15) is 18.0 Å². The van der Waals surface area contributed by atoms with Gasteiger partial charge in [-0.05, 0) is 74.1 Å². The molecule has 2 aliphatic carbocycles. The van der Waals surface area contributed by atoms with E-state index in [2.05, 4.69) is 42.2 Å². The van der Waals surface area contributed by atoms with Crippen molar-refractivity contribution in [3.63, 3.8) is 0 Å². The van der Waals surface area contributed by atoms with E-state index in [-0.39, 0.29) is 34.5 Å². The Hall–Kier alpha value is -2.19. The van der Waals surface area contributed by atoms with Crippen molar-refractivity contribution < 1.29 is 18.0 Å². The van der Waals surface area contributed by atoms with Gasteiger partial charge in [-0.1, -0.05) is 38.3 Å². The number of sulfonamides is 1. The Morgan fingerprint density at radius 2 is 1.74 bits per heavy atom. The van der Waals surface area contributed by atoms with Crippen LogP contribution in [0.3, 0.4) is 0 Å². The molecule has 188 valence electrons. The monoisotopic (exact) mass is 489 g/mol. The van der Waals surface area contributed by atoms with Crippen molar-refractivity contribution in [2.24, 2.45) is 23.7 Å². The largest absolute Gasteiger partial charge is 0.353 e. The molecule has 3 rings (SSSR count). The Balaban J connectivity index is 1.63. The number of anilines is 1. The predicted octanol–water partition coefficient (Wildman–Crippen LogP) is 4.23. The minimum Gasteiger partial charge on any atom is -0.353 e. The molecule has 0 spiro atoms. The molecule has 0 unspecified atom stereocenters. The van der Waals surface area contributed by atoms with E-state index in [0.29, 0.717) is 30.6 Å². The molecule has 7 nitrogen and oxygen atoms in total. The average molecular weight is 490 g/mol. The summed E-state index contributed by atoms with van der Waals surface area (Å²) in [4.78, 5) is 24.0. The van der Waals surface area contributed by atoms with Crippen molar-refractivity contribution in [1.29, 1.82) is 0 Å². The SMILES string of the molecule is CC(=O)Nc1ccc(S(=O)(=O)NC[C@@H]2C=C(C)[C@H](CC(=O)NC3CCCC3)C[C@H]2C(C)C)cc1. The molecule has 1 saturated carbocycles. The van der Waals surface area contributed by atoms with Gasteiger partial charge in [-0.15, -0.1) is 0 Å². The fourth-order valence-corrected chi connectivity index (χ4v) is 6.37. The van der Waals surface area contributed by atoms with Gasteiger partial charge in [0.25, 0.3) is 0 Å². The molecule has 0 aromatic heterocycles. The van der Waals surface area contributed by atoms with Crippen LogP contribution in [-0.2, 0) is 19.6 Å². The third-order valence-corrected chi connectivity index (χ3v) is 8.67. The van der Waals surface area contributed by atoms with Crippen LogP contribution in [0.2, 0.25) is 0 Å². The second-order valence-corrected chi connectivity index (χ2v) is 12.0. The normalized spacial score (nSPS) is 23.6. The van der Waals surface area contributed by atoms with Crippen LogP contribution < -0.4 is 15.4 Å². The van der Waals surface area contributed by atoms with Crippen LogP contribution in [0.25, 0.3) is 0 Å². The van der Waals surface area contributed by atoms with Crippen LogP contribution >= 0.6 is 0 Å². The zero-order chi connectivity index (χ0) is 24.9. The summed E-state index contributed by atoms with van der Waals surface area (Å²) in [6, 6.07) is 6.48. The summed E-state index contributed by atoms with van der Waals surface area (Å²) < 4.78 is 28.5. The first-order chi connectivity index (χ1) is 16.0. The maximum atomic E-state index is 12.9. The van der Waals surface area contributed by atoms with Crippen LogP contribution in [0.4, 0.5) is 5.69 Å². The van der Waals surface area contributed by atoms with Crippen molar-refractivity contribution in [2.45, 2.75) is 77.2 Å². The molecule has 3 atom stereocenters. The van der Waals surface area contributed by atoms with Crippen LogP contribution in [0.15, 0.2) is 40.8 Å². The highest BCUT2D eigenvalue weighted by molar-refractivity contribution is 7.89. The zero-order valence-corrected chi connectivity index (χ0v) is 21.6. The summed E-state index contributed by atoms with van der Waals surface area (Å²) in [5, 5.41) is 5.84. The molecule has 0 bridgehead atoms. The number of allylic oxidation sites excluding steroid dienone is 1. The van der Waals surface area contributed by atoms with Gasteiger partial charge < -0.3 is 10.6 Å². The lowest BCUT2D eigenvalue weighted by Gasteiger charge is -2.37. The molecule has 0 heterocycles. The number of rotatable bonds is 9. The Bertz CT molecular complexity index is 995. The third kappa shape index (κ3) is 7.15. The lowest BCUT2D eigenvalue weighted by molar-refractivity contribution is -0.122. The number of amides is 2. The lowest BCUT2D eigenvalue weighted by Crippen LogP contribution is -2.38. The average Bonchev–Trinajstić information content (AvgIpc) is 3.26. The third-order valence-electron chi connectivity index (χ3n) is 7.23. The molecule has 0 saturated heterocycles. The summed E-state index contributed by atoms with van der Waals surface area (Å²) in [6.07, 6.45) is 8.11. The van der Waals surface area contributed by atoms with Gasteiger partial charge in [-0.3, -0.25) is 9.59 Å². The first kappa shape index (κ1) is 26.4. The van der Waals surface area contributed by atoms with Crippen LogP contribution in [0.5, 0.6) is 0 Å². The second-order valence-electron chi connectivity index (χ2n) is 10.2. The summed E-state index contributed by atoms with van der Waals surface area (Å²) >= 11 is 0. The van der Waals surface area contributed by atoms with Gasteiger partial charge in [-0.25, -0.2) is 13.1 Å². The maximum Gasteiger partial charge on any atom is 0.240 e. The fourth-order valence-electron chi connectivity index (χ4n) is 5.30. The number of hydrogen-bond donors (Lipinski definition) is 3. The first-order valence-corrected chi connectivity index (χ1v) is 13.9. The highest BCUT2D eigenvalue weighted by Gasteiger charge is 2.33. The summed E-state index contributed by atoms with van der Waals surface area (Å²) in [5.41, 5.74) is 1.72. The van der Waals surface area contributed by atoms with Gasteiger partial charge in [0, 0.05) is 31.6 Å². The van der Waals surface area contributed by atoms with Gasteiger partial charge in [0.05, 0.1) is 4.90 Å². The molecule has 1 aromatic rings. The van der Waals surface area contributed by atoms with Gasteiger partial charge in [-0.2, -0.15) is 0 Å². The van der Waals surface area contributed by atoms with Crippen molar-refractivity contribution in [3.8, 4) is 0 Å². The van der Waals surface area contributed by atoms with E-state index < -0.39 is 10.0 Å². The van der Waals surface area contributed by atoms with Crippen molar-refractivity contribution >= 4 is 27.5 Å². The molecule has 8 heteroatoms. The second kappa shape index (κ2) is 11.5. The molecule has 2 aliphatic rings. The topological polar surface area (TPSA) is 104 Å². The molecule has 2 amide bonds. The van der Waals surface area contributed by atoms with E-state index in [1.807, 2.05) is 0 Å². The summed E-state index contributed by atoms with van der Waals surface area (Å²) in [6.45, 7) is 8.11. The highest BCUT2D eigenvalue weighted by Crippen LogP contribution is 2.39. The van der Waals surface area contributed by atoms with Crippen LogP contribution in [0, 0.1) is 23.7 Å². The molecular weight excluding hydrogens is 450 g/mol. The molecule has 0 radical (unpaired) electrons. The number of carbonyl (C=O) groups excluding carboxylic acids is 2. The van der Waals surface area contributed by atoms with Gasteiger partial charge in [0.2, 0.25) is 21.8 Å². The first-order valence-electron chi connectivity index (χ1n) is 12.4. The number of nitrogens with one attached hydrogen (secondary N) is 3. The Morgan fingerprint density at radius 3 is 2.32 bits per heavy atom. The van der Waals surface area contributed by atoms with E-state index >= 15 is 0 Å². The van der Waals surface area contributed by atoms with Gasteiger partial charge in [0.1, 0.15) is 0 Å². The molecule has 1 fully saturated rings. The van der Waals surface area contributed by atoms with Crippen molar-refractivity contribution in [2.75, 3.05) is 11.9 Å². The van der Waals surface area contributed by atoms with E-state index in [1.165, 1.54) is 37.5 Å². The molecule has 34 heavy (non-hydrogen) atoms. The molecule has 1 aromatic carbocycles. The summed E-state index contributed by atoms with van der Waals surface area (Å²) in [7, 11) is -3.67.